The first-order chi connectivity index (χ1) is 26.0. The van der Waals surface area contributed by atoms with E-state index in [-0.39, 0.29) is 42.2 Å². The van der Waals surface area contributed by atoms with Crippen LogP contribution in [0.1, 0.15) is 88.4 Å². The minimum atomic E-state index is -0.424. The largest absolute Gasteiger partial charge is 0.489 e. The summed E-state index contributed by atoms with van der Waals surface area (Å²) >= 11 is 8.04. The topological polar surface area (TPSA) is 130 Å². The summed E-state index contributed by atoms with van der Waals surface area (Å²) in [5.41, 5.74) is 7.54. The molecule has 0 saturated heterocycles. The molecule has 5 aromatic rings. The van der Waals surface area contributed by atoms with Crippen molar-refractivity contribution in [3.05, 3.63) is 122 Å². The van der Waals surface area contributed by atoms with E-state index in [9.17, 15) is 14.7 Å². The van der Waals surface area contributed by atoms with Crippen LogP contribution in [0.3, 0.4) is 0 Å². The van der Waals surface area contributed by atoms with E-state index in [1.54, 1.807) is 11.3 Å². The van der Waals surface area contributed by atoms with E-state index in [0.29, 0.717) is 36.8 Å². The summed E-state index contributed by atoms with van der Waals surface area (Å²) in [5.74, 6) is 2.17. The Bertz CT molecular complexity index is 2140. The molecule has 0 bridgehead atoms. The summed E-state index contributed by atoms with van der Waals surface area (Å²) in [4.78, 5) is 27.6. The average molecular weight is 767 g/mol. The Kier molecular flexibility index (Phi) is 11.1. The van der Waals surface area contributed by atoms with Gasteiger partial charge in [0.05, 0.1) is 12.6 Å². The molecule has 0 radical (unpaired) electrons. The number of rotatable bonds is 10. The molecular formula is C42H47ClN6O4S. The third-order valence-corrected chi connectivity index (χ3v) is 12.2. The molecule has 54 heavy (non-hydrogen) atoms. The zero-order valence-corrected chi connectivity index (χ0v) is 32.9. The van der Waals surface area contributed by atoms with Crippen LogP contribution >= 0.6 is 22.9 Å². The van der Waals surface area contributed by atoms with Crippen molar-refractivity contribution in [2.75, 3.05) is 11.9 Å². The van der Waals surface area contributed by atoms with Crippen molar-refractivity contribution in [1.29, 1.82) is 0 Å². The molecule has 0 saturated carbocycles. The summed E-state index contributed by atoms with van der Waals surface area (Å²) in [6.45, 7) is 10.9. The van der Waals surface area contributed by atoms with E-state index in [0.717, 1.165) is 45.4 Å². The summed E-state index contributed by atoms with van der Waals surface area (Å²) < 4.78 is 8.33. The number of fused-ring (bicyclic) bond motifs is 4. The standard InChI is InChI=1S/C42H47ClN6O4S/c1-23(2)39-41(52)45-33(21-50)16-30-12-15-34(19-36(30)46-39)53-22-28-8-6-27(7-9-28)20-44-37(51)18-31-17-35(29-10-13-32(43)14-11-29)38-24(3)25(4)54-42(38)49-26(5)47-48-40(31)49/h6-15,19,23,31,33,35,39,46,50H,16-18,20-22H2,1-5H3,(H,44,51)(H,45,52)/t31?,33-,35?,39-/m0/s1. The van der Waals surface area contributed by atoms with Gasteiger partial charge in [0.15, 0.2) is 0 Å². The first-order valence-electron chi connectivity index (χ1n) is 18.5. The molecule has 2 unspecified atom stereocenters. The normalized spacial score (nSPS) is 19.4. The van der Waals surface area contributed by atoms with Gasteiger partial charge in [0.2, 0.25) is 11.8 Å². The highest BCUT2D eigenvalue weighted by molar-refractivity contribution is 7.14. The minimum absolute atomic E-state index is 0.0392. The predicted molar refractivity (Wildman–Crippen MR) is 213 cm³/mol. The third kappa shape index (κ3) is 7.90. The molecule has 2 aliphatic heterocycles. The van der Waals surface area contributed by atoms with Gasteiger partial charge in [-0.2, -0.15) is 0 Å². The van der Waals surface area contributed by atoms with Crippen LogP contribution in [0.4, 0.5) is 5.69 Å². The fourth-order valence-corrected chi connectivity index (χ4v) is 8.97. The number of aryl methyl sites for hydroxylation is 2. The molecule has 0 aliphatic carbocycles. The summed E-state index contributed by atoms with van der Waals surface area (Å²) in [6.07, 6.45) is 1.54. The highest BCUT2D eigenvalue weighted by Crippen LogP contribution is 2.48. The molecule has 3 aromatic carbocycles. The first-order valence-corrected chi connectivity index (χ1v) is 19.7. The monoisotopic (exact) mass is 766 g/mol. The molecule has 282 valence electrons. The number of anilines is 1. The van der Waals surface area contributed by atoms with Crippen LogP contribution in [-0.2, 0) is 29.2 Å². The molecule has 2 aromatic heterocycles. The number of ether oxygens (including phenoxy) is 1. The Morgan fingerprint density at radius 1 is 1.04 bits per heavy atom. The third-order valence-electron chi connectivity index (χ3n) is 10.7. The van der Waals surface area contributed by atoms with Crippen LogP contribution in [0, 0.1) is 26.7 Å². The van der Waals surface area contributed by atoms with E-state index in [1.165, 1.54) is 21.6 Å². The van der Waals surface area contributed by atoms with Crippen molar-refractivity contribution < 1.29 is 19.4 Å². The van der Waals surface area contributed by atoms with Gasteiger partial charge in [-0.05, 0) is 91.1 Å². The number of nitrogens with one attached hydrogen (secondary N) is 3. The zero-order chi connectivity index (χ0) is 38.1. The van der Waals surface area contributed by atoms with E-state index >= 15 is 0 Å². The number of aliphatic hydroxyl groups is 1. The summed E-state index contributed by atoms with van der Waals surface area (Å²) in [7, 11) is 0. The number of hydrogen-bond donors (Lipinski definition) is 4. The number of halogens is 1. The Hall–Kier alpha value is -4.71. The van der Waals surface area contributed by atoms with Gasteiger partial charge in [-0.15, -0.1) is 21.5 Å². The quantitative estimate of drug-likeness (QED) is 0.118. The van der Waals surface area contributed by atoms with Crippen LogP contribution < -0.4 is 20.7 Å². The number of carbonyl (C=O) groups excluding carboxylic acids is 2. The lowest BCUT2D eigenvalue weighted by atomic mass is 9.82. The number of thiophene rings is 1. The number of hydrogen-bond acceptors (Lipinski definition) is 8. The fraction of sp³-hybridized carbons (Fsp3) is 0.381. The Morgan fingerprint density at radius 2 is 1.78 bits per heavy atom. The molecule has 12 heteroatoms. The van der Waals surface area contributed by atoms with E-state index in [4.69, 9.17) is 16.3 Å². The van der Waals surface area contributed by atoms with Gasteiger partial charge < -0.3 is 25.8 Å². The van der Waals surface area contributed by atoms with E-state index in [1.807, 2.05) is 75.4 Å². The average Bonchev–Trinajstić information content (AvgIpc) is 3.63. The molecule has 4 heterocycles. The number of aliphatic hydroxyl groups excluding tert-OH is 1. The van der Waals surface area contributed by atoms with Gasteiger partial charge in [0, 0.05) is 46.5 Å². The maximum absolute atomic E-state index is 13.6. The Labute approximate surface area is 325 Å². The number of nitrogens with zero attached hydrogens (tertiary/aromatic N) is 3. The van der Waals surface area contributed by atoms with E-state index < -0.39 is 6.04 Å². The van der Waals surface area contributed by atoms with Crippen LogP contribution in [-0.4, -0.2) is 50.4 Å². The maximum Gasteiger partial charge on any atom is 0.243 e. The van der Waals surface area contributed by atoms with Crippen LogP contribution in [0.25, 0.3) is 5.00 Å². The first kappa shape index (κ1) is 37.6. The van der Waals surface area contributed by atoms with Crippen molar-refractivity contribution in [2.45, 2.75) is 91.0 Å². The van der Waals surface area contributed by atoms with Crippen LogP contribution in [0.15, 0.2) is 66.7 Å². The Balaban J connectivity index is 0.996. The lowest BCUT2D eigenvalue weighted by molar-refractivity contribution is -0.124. The second kappa shape index (κ2) is 15.9. The molecule has 4 N–H and O–H groups in total. The number of aromatic nitrogens is 3. The lowest BCUT2D eigenvalue weighted by Crippen LogP contribution is -2.50. The number of benzene rings is 3. The second-order valence-electron chi connectivity index (χ2n) is 14.8. The fourth-order valence-electron chi connectivity index (χ4n) is 7.57. The van der Waals surface area contributed by atoms with Crippen LogP contribution in [0.2, 0.25) is 5.02 Å². The molecule has 2 aliphatic rings. The SMILES string of the molecule is Cc1sc2c(c1C)C(c1ccc(Cl)cc1)CC(CC(=O)NCc1ccc(COc3ccc4c(c3)N[C@@H](C(C)C)C(=O)N[C@H](CO)C4)cc1)c1nnc(C)n1-2. The Morgan fingerprint density at radius 3 is 2.50 bits per heavy atom. The van der Waals surface area contributed by atoms with Gasteiger partial charge >= 0.3 is 0 Å². The van der Waals surface area contributed by atoms with Gasteiger partial charge in [0.1, 0.15) is 35.0 Å². The smallest absolute Gasteiger partial charge is 0.243 e. The van der Waals surface area contributed by atoms with Gasteiger partial charge in [-0.25, -0.2) is 0 Å². The van der Waals surface area contributed by atoms with Gasteiger partial charge in [0.25, 0.3) is 0 Å². The minimum Gasteiger partial charge on any atom is -0.489 e. The van der Waals surface area contributed by atoms with E-state index in [2.05, 4.69) is 56.7 Å². The molecule has 0 spiro atoms. The van der Waals surface area contributed by atoms with Crippen molar-refractivity contribution in [3.63, 3.8) is 0 Å². The molecule has 2 amide bonds. The number of carbonyl (C=O) groups is 2. The summed E-state index contributed by atoms with van der Waals surface area (Å²) in [5, 5.41) is 30.2. The van der Waals surface area contributed by atoms with Crippen molar-refractivity contribution in [1.82, 2.24) is 25.4 Å². The predicted octanol–water partition coefficient (Wildman–Crippen LogP) is 7.28. The van der Waals surface area contributed by atoms with Crippen molar-refractivity contribution in [2.24, 2.45) is 5.92 Å². The highest BCUT2D eigenvalue weighted by atomic mass is 35.5. The summed E-state index contributed by atoms with van der Waals surface area (Å²) in [6, 6.07) is 21.2. The van der Waals surface area contributed by atoms with Gasteiger partial charge in [-0.1, -0.05) is 67.9 Å². The molecule has 4 atom stereocenters. The maximum atomic E-state index is 13.6. The molecule has 10 nitrogen and oxygen atoms in total. The second-order valence-corrected chi connectivity index (χ2v) is 16.5. The molecule has 0 fully saturated rings. The molecule has 7 rings (SSSR count). The zero-order valence-electron chi connectivity index (χ0n) is 31.3. The van der Waals surface area contributed by atoms with Crippen molar-refractivity contribution >= 4 is 40.4 Å². The number of amides is 2. The van der Waals surface area contributed by atoms with Crippen LogP contribution in [0.5, 0.6) is 5.75 Å². The highest BCUT2D eigenvalue weighted by Gasteiger charge is 2.36. The van der Waals surface area contributed by atoms with Crippen molar-refractivity contribution in [3.8, 4) is 10.8 Å². The van der Waals surface area contributed by atoms with Gasteiger partial charge in [-0.3, -0.25) is 14.2 Å². The lowest BCUT2D eigenvalue weighted by Gasteiger charge is -2.30. The molecular weight excluding hydrogens is 720 g/mol.